The summed E-state index contributed by atoms with van der Waals surface area (Å²) in [5.41, 5.74) is 10.6. The van der Waals surface area contributed by atoms with Crippen LogP contribution >= 0.6 is 11.3 Å². The van der Waals surface area contributed by atoms with E-state index in [1.54, 1.807) is 6.20 Å². The van der Waals surface area contributed by atoms with Crippen molar-refractivity contribution >= 4 is 31.4 Å². The molecule has 0 radical (unpaired) electrons. The lowest BCUT2D eigenvalue weighted by Gasteiger charge is -2.36. The highest BCUT2D eigenvalue weighted by molar-refractivity contribution is 7.09. The molecule has 0 amide bonds. The maximum absolute atomic E-state index is 13.5. The SMILES string of the molecule is Cc1csc(CC(=O)c2nn(CCO[Si](C)(C)C(C)(C)C)c3c2C(C)(C)Cc2cnc(N)nc2-3)n1. The molecule has 2 N–H and O–H groups in total. The zero-order valence-corrected chi connectivity index (χ0v) is 23.8. The molecule has 0 spiro atoms. The summed E-state index contributed by atoms with van der Waals surface area (Å²) in [5.74, 6) is 0.184. The molecule has 0 saturated carbocycles. The zero-order valence-electron chi connectivity index (χ0n) is 22.0. The van der Waals surface area contributed by atoms with Gasteiger partial charge < -0.3 is 10.2 Å². The van der Waals surface area contributed by atoms with Crippen molar-refractivity contribution in [3.05, 3.63) is 39.1 Å². The third-order valence-electron chi connectivity index (χ3n) is 7.18. The average molecular weight is 513 g/mol. The topological polar surface area (TPSA) is 109 Å². The van der Waals surface area contributed by atoms with E-state index in [1.165, 1.54) is 11.3 Å². The molecule has 8 nitrogen and oxygen atoms in total. The van der Waals surface area contributed by atoms with E-state index >= 15 is 0 Å². The lowest BCUT2D eigenvalue weighted by Crippen LogP contribution is -2.41. The summed E-state index contributed by atoms with van der Waals surface area (Å²) in [6, 6.07) is 0. The van der Waals surface area contributed by atoms with E-state index in [0.29, 0.717) is 25.3 Å². The van der Waals surface area contributed by atoms with Crippen LogP contribution < -0.4 is 5.73 Å². The summed E-state index contributed by atoms with van der Waals surface area (Å²) in [4.78, 5) is 26.9. The molecule has 0 unspecified atom stereocenters. The predicted octanol–water partition coefficient (Wildman–Crippen LogP) is 4.97. The second-order valence-corrected chi connectivity index (χ2v) is 17.3. The van der Waals surface area contributed by atoms with Gasteiger partial charge in [0.2, 0.25) is 5.95 Å². The van der Waals surface area contributed by atoms with Gasteiger partial charge in [-0.1, -0.05) is 34.6 Å². The number of Topliss-reactive ketones (excluding diaryl/α,β-unsaturated/α-hetero) is 1. The van der Waals surface area contributed by atoms with Gasteiger partial charge in [-0.25, -0.2) is 15.0 Å². The lowest BCUT2D eigenvalue weighted by molar-refractivity contribution is 0.0984. The molecule has 3 heterocycles. The summed E-state index contributed by atoms with van der Waals surface area (Å²) in [5, 5.41) is 7.76. The fourth-order valence-corrected chi connectivity index (χ4v) is 6.13. The first-order valence-corrected chi connectivity index (χ1v) is 15.8. The molecule has 0 aromatic carbocycles. The maximum atomic E-state index is 13.5. The van der Waals surface area contributed by atoms with Gasteiger partial charge in [0.25, 0.3) is 0 Å². The van der Waals surface area contributed by atoms with Crippen LogP contribution in [0.5, 0.6) is 0 Å². The first-order valence-electron chi connectivity index (χ1n) is 12.0. The molecule has 3 aromatic rings. The minimum absolute atomic E-state index is 0.0294. The van der Waals surface area contributed by atoms with Crippen LogP contribution in [0, 0.1) is 6.92 Å². The van der Waals surface area contributed by atoms with E-state index in [2.05, 4.69) is 62.7 Å². The molecule has 0 bridgehead atoms. The predicted molar refractivity (Wildman–Crippen MR) is 142 cm³/mol. The minimum Gasteiger partial charge on any atom is -0.415 e. The molecule has 0 aliphatic heterocycles. The summed E-state index contributed by atoms with van der Waals surface area (Å²) in [6.07, 6.45) is 2.74. The highest BCUT2D eigenvalue weighted by Gasteiger charge is 2.41. The Bertz CT molecular complexity index is 1270. The van der Waals surface area contributed by atoms with E-state index in [9.17, 15) is 4.79 Å². The van der Waals surface area contributed by atoms with Gasteiger partial charge in [-0.15, -0.1) is 11.3 Å². The molecule has 1 aliphatic rings. The van der Waals surface area contributed by atoms with Gasteiger partial charge in [-0.05, 0) is 42.5 Å². The normalized spacial score (nSPS) is 15.1. The zero-order chi connectivity index (χ0) is 25.8. The fourth-order valence-electron chi connectivity index (χ4n) is 4.33. The van der Waals surface area contributed by atoms with E-state index in [4.69, 9.17) is 15.3 Å². The van der Waals surface area contributed by atoms with Gasteiger partial charge >= 0.3 is 0 Å². The second kappa shape index (κ2) is 8.90. The Morgan fingerprint density at radius 2 is 2.00 bits per heavy atom. The molecule has 10 heteroatoms. The third kappa shape index (κ3) is 4.96. The second-order valence-electron chi connectivity index (χ2n) is 11.5. The number of aryl methyl sites for hydroxylation is 1. The molecule has 35 heavy (non-hydrogen) atoms. The third-order valence-corrected chi connectivity index (χ3v) is 12.7. The summed E-state index contributed by atoms with van der Waals surface area (Å²) in [6.45, 7) is 18.4. The van der Waals surface area contributed by atoms with Crippen molar-refractivity contribution in [3.8, 4) is 11.4 Å². The number of aromatic nitrogens is 5. The number of carbonyl (C=O) groups excluding carboxylic acids is 1. The smallest absolute Gasteiger partial charge is 0.220 e. The number of anilines is 1. The van der Waals surface area contributed by atoms with Crippen LogP contribution in [0.25, 0.3) is 11.4 Å². The standard InChI is InChI=1S/C25H36N6O2SSi/c1-15-14-34-18(28-15)11-17(32)21-19-22(20-16(12-25(19,5)6)13-27-23(26)29-20)31(30-21)9-10-33-35(7,8)24(2,3)4/h13-14H,9-12H2,1-8H3,(H2,26,27,29). The van der Waals surface area contributed by atoms with Gasteiger partial charge in [-0.2, -0.15) is 5.10 Å². The van der Waals surface area contributed by atoms with Crippen molar-refractivity contribution in [3.63, 3.8) is 0 Å². The van der Waals surface area contributed by atoms with Crippen LogP contribution in [-0.2, 0) is 29.2 Å². The Morgan fingerprint density at radius 1 is 1.29 bits per heavy atom. The van der Waals surface area contributed by atoms with E-state index in [0.717, 1.165) is 33.2 Å². The molecule has 0 atom stereocenters. The number of nitrogens with two attached hydrogens (primary N) is 1. The number of hydrogen-bond acceptors (Lipinski definition) is 8. The van der Waals surface area contributed by atoms with Crippen LogP contribution in [-0.4, -0.2) is 45.4 Å². The van der Waals surface area contributed by atoms with Crippen LogP contribution in [0.3, 0.4) is 0 Å². The number of nitrogens with zero attached hydrogens (tertiary/aromatic N) is 5. The monoisotopic (exact) mass is 512 g/mol. The van der Waals surface area contributed by atoms with Crippen molar-refractivity contribution in [1.29, 1.82) is 0 Å². The van der Waals surface area contributed by atoms with Crippen molar-refractivity contribution in [2.24, 2.45) is 0 Å². The number of ketones is 1. The fraction of sp³-hybridized carbons (Fsp3) is 0.560. The molecular formula is C25H36N6O2SSi. The highest BCUT2D eigenvalue weighted by atomic mass is 32.1. The Labute approximate surface area is 212 Å². The van der Waals surface area contributed by atoms with E-state index in [-0.39, 0.29) is 28.6 Å². The summed E-state index contributed by atoms with van der Waals surface area (Å²) >= 11 is 1.51. The lowest BCUT2D eigenvalue weighted by atomic mass is 9.72. The molecule has 4 rings (SSSR count). The Balaban J connectivity index is 1.77. The van der Waals surface area contributed by atoms with Gasteiger partial charge in [0.15, 0.2) is 14.1 Å². The van der Waals surface area contributed by atoms with Crippen molar-refractivity contribution in [1.82, 2.24) is 24.7 Å². The van der Waals surface area contributed by atoms with Crippen molar-refractivity contribution in [2.75, 3.05) is 12.3 Å². The Hall–Kier alpha value is -2.43. The Kier molecular flexibility index (Phi) is 6.52. The first-order chi connectivity index (χ1) is 16.2. The molecule has 188 valence electrons. The van der Waals surface area contributed by atoms with Crippen LogP contribution in [0.2, 0.25) is 18.1 Å². The first kappa shape index (κ1) is 25.7. The molecule has 0 saturated heterocycles. The number of hydrogen-bond donors (Lipinski definition) is 1. The average Bonchev–Trinajstić information content (AvgIpc) is 3.32. The van der Waals surface area contributed by atoms with Gasteiger partial charge in [-0.3, -0.25) is 9.48 Å². The van der Waals surface area contributed by atoms with Crippen LogP contribution in [0.15, 0.2) is 11.6 Å². The van der Waals surface area contributed by atoms with Crippen molar-refractivity contribution in [2.45, 2.75) is 84.5 Å². The number of thiazole rings is 1. The van der Waals surface area contributed by atoms with Gasteiger partial charge in [0.1, 0.15) is 10.7 Å². The Morgan fingerprint density at radius 3 is 2.63 bits per heavy atom. The number of fused-ring (bicyclic) bond motifs is 3. The summed E-state index contributed by atoms with van der Waals surface area (Å²) < 4.78 is 8.35. The molecule has 0 fully saturated rings. The van der Waals surface area contributed by atoms with Crippen LogP contribution in [0.1, 0.15) is 66.9 Å². The van der Waals surface area contributed by atoms with Crippen molar-refractivity contribution < 1.29 is 9.22 Å². The summed E-state index contributed by atoms with van der Waals surface area (Å²) in [7, 11) is -1.93. The maximum Gasteiger partial charge on any atom is 0.220 e. The van der Waals surface area contributed by atoms with Gasteiger partial charge in [0.05, 0.1) is 31.0 Å². The number of carbonyl (C=O) groups is 1. The molecule has 3 aromatic heterocycles. The van der Waals surface area contributed by atoms with E-state index in [1.807, 2.05) is 17.0 Å². The van der Waals surface area contributed by atoms with E-state index < -0.39 is 8.32 Å². The van der Waals surface area contributed by atoms with Gasteiger partial charge in [0, 0.05) is 22.8 Å². The largest absolute Gasteiger partial charge is 0.415 e. The highest BCUT2D eigenvalue weighted by Crippen LogP contribution is 2.44. The molecule has 1 aliphatic carbocycles. The minimum atomic E-state index is -1.93. The number of rotatable bonds is 7. The number of nitrogen functional groups attached to an aromatic ring is 1. The van der Waals surface area contributed by atoms with Crippen LogP contribution in [0.4, 0.5) is 5.95 Å². The quantitative estimate of drug-likeness (QED) is 0.352. The molecular weight excluding hydrogens is 476 g/mol.